The first-order valence-corrected chi connectivity index (χ1v) is 9.22. The number of carbonyl (C=O) groups excluding carboxylic acids is 2. The van der Waals surface area contributed by atoms with Crippen LogP contribution in [0.5, 0.6) is 0 Å². The number of ether oxygens (including phenoxy) is 2. The van der Waals surface area contributed by atoms with Gasteiger partial charge in [0.15, 0.2) is 0 Å². The monoisotopic (exact) mass is 403 g/mol. The standard InChI is InChI=1S/C20H21NO6S/c1-12-6-8-14(19(23)26-5)17(10-12)28-16-9-7-13(11-15(16)21(24)25)18(22)27-20(2,3)4/h6-11H,1-5H3. The topological polar surface area (TPSA) is 95.7 Å². The molecule has 0 amide bonds. The Morgan fingerprint density at radius 2 is 1.71 bits per heavy atom. The van der Waals surface area contributed by atoms with Crippen molar-refractivity contribution in [3.8, 4) is 0 Å². The first kappa shape index (κ1) is 21.4. The number of methoxy groups -OCH3 is 1. The molecule has 0 atom stereocenters. The molecule has 2 aromatic carbocycles. The van der Waals surface area contributed by atoms with E-state index in [0.29, 0.717) is 15.4 Å². The number of nitro groups is 1. The number of carbonyl (C=O) groups is 2. The van der Waals surface area contributed by atoms with Crippen molar-refractivity contribution in [2.45, 2.75) is 43.1 Å². The first-order valence-electron chi connectivity index (χ1n) is 8.40. The molecule has 0 unspecified atom stereocenters. The van der Waals surface area contributed by atoms with Crippen molar-refractivity contribution in [3.63, 3.8) is 0 Å². The zero-order chi connectivity index (χ0) is 21.1. The quantitative estimate of drug-likeness (QED) is 0.402. The molecule has 28 heavy (non-hydrogen) atoms. The number of hydrogen-bond donors (Lipinski definition) is 0. The molecule has 0 radical (unpaired) electrons. The van der Waals surface area contributed by atoms with Gasteiger partial charge >= 0.3 is 11.9 Å². The third-order valence-corrected chi connectivity index (χ3v) is 4.68. The summed E-state index contributed by atoms with van der Waals surface area (Å²) in [5.41, 5.74) is 0.330. The molecular formula is C20H21NO6S. The second-order valence-electron chi connectivity index (χ2n) is 7.03. The van der Waals surface area contributed by atoms with Gasteiger partial charge in [-0.25, -0.2) is 9.59 Å². The smallest absolute Gasteiger partial charge is 0.339 e. The van der Waals surface area contributed by atoms with Crippen LogP contribution in [0.3, 0.4) is 0 Å². The summed E-state index contributed by atoms with van der Waals surface area (Å²) in [5, 5.41) is 11.6. The minimum absolute atomic E-state index is 0.0865. The largest absolute Gasteiger partial charge is 0.465 e. The molecule has 8 heteroatoms. The number of nitro benzene ring substituents is 1. The Morgan fingerprint density at radius 3 is 2.29 bits per heavy atom. The van der Waals surface area contributed by atoms with Crippen molar-refractivity contribution in [2.24, 2.45) is 0 Å². The van der Waals surface area contributed by atoms with E-state index in [2.05, 4.69) is 0 Å². The maximum Gasteiger partial charge on any atom is 0.339 e. The van der Waals surface area contributed by atoms with Gasteiger partial charge in [0.05, 0.1) is 28.1 Å². The number of esters is 2. The van der Waals surface area contributed by atoms with E-state index in [0.717, 1.165) is 17.3 Å². The highest BCUT2D eigenvalue weighted by atomic mass is 32.2. The Bertz CT molecular complexity index is 933. The van der Waals surface area contributed by atoms with Gasteiger partial charge in [0.25, 0.3) is 5.69 Å². The maximum atomic E-state index is 12.2. The summed E-state index contributed by atoms with van der Waals surface area (Å²) in [6, 6.07) is 9.26. The third kappa shape index (κ3) is 5.32. The molecule has 0 aliphatic rings. The molecular weight excluding hydrogens is 382 g/mol. The van der Waals surface area contributed by atoms with Crippen LogP contribution in [0.15, 0.2) is 46.2 Å². The average Bonchev–Trinajstić information content (AvgIpc) is 2.59. The molecule has 148 valence electrons. The van der Waals surface area contributed by atoms with Crippen LogP contribution in [0.4, 0.5) is 5.69 Å². The minimum atomic E-state index is -0.712. The van der Waals surface area contributed by atoms with Crippen LogP contribution in [0.1, 0.15) is 47.1 Å². The van der Waals surface area contributed by atoms with Gasteiger partial charge < -0.3 is 9.47 Å². The van der Waals surface area contributed by atoms with Gasteiger partial charge in [-0.3, -0.25) is 10.1 Å². The zero-order valence-electron chi connectivity index (χ0n) is 16.3. The van der Waals surface area contributed by atoms with Crippen molar-refractivity contribution < 1.29 is 24.0 Å². The van der Waals surface area contributed by atoms with E-state index in [1.807, 2.05) is 6.92 Å². The lowest BCUT2D eigenvalue weighted by atomic mass is 10.1. The van der Waals surface area contributed by atoms with E-state index in [1.54, 1.807) is 39.0 Å². The fourth-order valence-corrected chi connectivity index (χ4v) is 3.44. The van der Waals surface area contributed by atoms with Crippen LogP contribution >= 0.6 is 11.8 Å². The molecule has 7 nitrogen and oxygen atoms in total. The average molecular weight is 403 g/mol. The summed E-state index contributed by atoms with van der Waals surface area (Å²) < 4.78 is 10.0. The van der Waals surface area contributed by atoms with E-state index in [1.165, 1.54) is 25.3 Å². The Hall–Kier alpha value is -2.87. The molecule has 0 saturated carbocycles. The van der Waals surface area contributed by atoms with Crippen molar-refractivity contribution in [3.05, 3.63) is 63.2 Å². The van der Waals surface area contributed by atoms with Gasteiger partial charge in [-0.15, -0.1) is 0 Å². The van der Waals surface area contributed by atoms with Gasteiger partial charge in [0.2, 0.25) is 0 Å². The molecule has 0 spiro atoms. The number of aryl methyl sites for hydroxylation is 1. The van der Waals surface area contributed by atoms with Crippen LogP contribution in [0.2, 0.25) is 0 Å². The maximum absolute atomic E-state index is 12.2. The lowest BCUT2D eigenvalue weighted by Gasteiger charge is -2.19. The van der Waals surface area contributed by atoms with Gasteiger partial charge in [-0.2, -0.15) is 0 Å². The highest BCUT2D eigenvalue weighted by Crippen LogP contribution is 2.38. The van der Waals surface area contributed by atoms with E-state index >= 15 is 0 Å². The van der Waals surface area contributed by atoms with Crippen molar-refractivity contribution in [1.29, 1.82) is 0 Å². The normalized spacial score (nSPS) is 11.0. The highest BCUT2D eigenvalue weighted by molar-refractivity contribution is 7.99. The molecule has 0 aliphatic carbocycles. The second-order valence-corrected chi connectivity index (χ2v) is 8.12. The van der Waals surface area contributed by atoms with E-state index in [4.69, 9.17) is 9.47 Å². The third-order valence-electron chi connectivity index (χ3n) is 3.55. The number of nitrogens with zero attached hydrogens (tertiary/aromatic N) is 1. The Balaban J connectivity index is 2.45. The Kier molecular flexibility index (Phi) is 6.45. The summed E-state index contributed by atoms with van der Waals surface area (Å²) in [7, 11) is 1.27. The molecule has 0 aromatic heterocycles. The first-order chi connectivity index (χ1) is 13.0. The summed E-state index contributed by atoms with van der Waals surface area (Å²) in [5.74, 6) is -1.17. The predicted octanol–water partition coefficient (Wildman–Crippen LogP) is 4.80. The van der Waals surface area contributed by atoms with E-state index in [-0.39, 0.29) is 11.3 Å². The lowest BCUT2D eigenvalue weighted by Crippen LogP contribution is -2.23. The van der Waals surface area contributed by atoms with E-state index < -0.39 is 22.5 Å². The lowest BCUT2D eigenvalue weighted by molar-refractivity contribution is -0.387. The Labute approximate surface area is 167 Å². The minimum Gasteiger partial charge on any atom is -0.465 e. The van der Waals surface area contributed by atoms with Crippen molar-refractivity contribution in [2.75, 3.05) is 7.11 Å². The zero-order valence-corrected chi connectivity index (χ0v) is 17.1. The van der Waals surface area contributed by atoms with Crippen LogP contribution in [-0.4, -0.2) is 29.6 Å². The molecule has 0 bridgehead atoms. The van der Waals surface area contributed by atoms with Crippen LogP contribution < -0.4 is 0 Å². The fourth-order valence-electron chi connectivity index (χ4n) is 2.32. The SMILES string of the molecule is COC(=O)c1ccc(C)cc1Sc1ccc(C(=O)OC(C)(C)C)cc1[N+](=O)[O-]. The van der Waals surface area contributed by atoms with Gasteiger partial charge in [0.1, 0.15) is 5.60 Å². The molecule has 2 aromatic rings. The summed E-state index contributed by atoms with van der Waals surface area (Å²) in [6.45, 7) is 7.01. The van der Waals surface area contributed by atoms with Crippen LogP contribution in [0, 0.1) is 17.0 Å². The molecule has 0 N–H and O–H groups in total. The Morgan fingerprint density at radius 1 is 1.04 bits per heavy atom. The molecule has 0 heterocycles. The molecule has 0 saturated heterocycles. The van der Waals surface area contributed by atoms with Crippen molar-refractivity contribution >= 4 is 29.4 Å². The summed E-state index contributed by atoms with van der Waals surface area (Å²) in [6.07, 6.45) is 0. The van der Waals surface area contributed by atoms with Crippen LogP contribution in [0.25, 0.3) is 0 Å². The number of benzene rings is 2. The summed E-state index contributed by atoms with van der Waals surface area (Å²) in [4.78, 5) is 36.0. The van der Waals surface area contributed by atoms with E-state index in [9.17, 15) is 19.7 Å². The van der Waals surface area contributed by atoms with Gasteiger partial charge in [0, 0.05) is 11.0 Å². The molecule has 0 fully saturated rings. The molecule has 2 rings (SSSR count). The number of rotatable bonds is 5. The number of hydrogen-bond acceptors (Lipinski definition) is 7. The molecule has 0 aliphatic heterocycles. The second kappa shape index (κ2) is 8.43. The van der Waals surface area contributed by atoms with Crippen molar-refractivity contribution in [1.82, 2.24) is 0 Å². The van der Waals surface area contributed by atoms with Crippen LogP contribution in [-0.2, 0) is 9.47 Å². The van der Waals surface area contributed by atoms with Gasteiger partial charge in [-0.05, 0) is 57.5 Å². The van der Waals surface area contributed by atoms with Gasteiger partial charge in [-0.1, -0.05) is 17.8 Å². The predicted molar refractivity (Wildman–Crippen MR) is 105 cm³/mol. The fraction of sp³-hybridized carbons (Fsp3) is 0.300. The summed E-state index contributed by atoms with van der Waals surface area (Å²) >= 11 is 1.07. The highest BCUT2D eigenvalue weighted by Gasteiger charge is 2.24.